The zero-order valence-corrected chi connectivity index (χ0v) is 29.0. The molecule has 1 fully saturated rings. The summed E-state index contributed by atoms with van der Waals surface area (Å²) in [4.78, 5) is 27.9. The molecule has 0 aromatic heterocycles. The third kappa shape index (κ3) is 11.1. The molecular formula is C40H62N2O2. The molecule has 1 aliphatic rings. The van der Waals surface area contributed by atoms with Gasteiger partial charge in [0.2, 0.25) is 0 Å². The number of hydrogen-bond donors (Lipinski definition) is 1. The Morgan fingerprint density at radius 2 is 1.32 bits per heavy atom. The topological polar surface area (TPSA) is 49.4 Å². The van der Waals surface area contributed by atoms with Gasteiger partial charge in [0, 0.05) is 17.6 Å². The molecule has 0 heterocycles. The SMILES string of the molecule is CCCC(C)CCCCC1CCC(c2ccc(-c3ccc(C(=O)N(C(=O)NC(C)CC(C)CCC)C(C)C)cc3)cc2)CC1. The van der Waals surface area contributed by atoms with Crippen LogP contribution in [-0.4, -0.2) is 28.9 Å². The number of nitrogens with one attached hydrogen (secondary N) is 1. The minimum Gasteiger partial charge on any atom is -0.335 e. The minimum absolute atomic E-state index is 0.0209. The number of amides is 3. The molecule has 1 saturated carbocycles. The van der Waals surface area contributed by atoms with Crippen LogP contribution in [0.5, 0.6) is 0 Å². The van der Waals surface area contributed by atoms with Crippen LogP contribution < -0.4 is 5.32 Å². The molecule has 244 valence electrons. The summed E-state index contributed by atoms with van der Waals surface area (Å²) >= 11 is 0. The highest BCUT2D eigenvalue weighted by Crippen LogP contribution is 2.38. The van der Waals surface area contributed by atoms with Gasteiger partial charge in [-0.05, 0) is 105 Å². The number of nitrogens with zero attached hydrogens (tertiary/aromatic N) is 1. The quantitative estimate of drug-likeness (QED) is 0.194. The van der Waals surface area contributed by atoms with Crippen molar-refractivity contribution in [2.75, 3.05) is 0 Å². The van der Waals surface area contributed by atoms with E-state index in [0.717, 1.165) is 42.2 Å². The fourth-order valence-electron chi connectivity index (χ4n) is 7.35. The molecule has 3 unspecified atom stereocenters. The molecule has 3 rings (SSSR count). The lowest BCUT2D eigenvalue weighted by molar-refractivity contribution is 0.0759. The van der Waals surface area contributed by atoms with Gasteiger partial charge < -0.3 is 5.32 Å². The molecule has 2 aromatic rings. The summed E-state index contributed by atoms with van der Waals surface area (Å²) in [5.74, 6) is 2.78. The first kappa shape index (κ1) is 35.9. The number of hydrogen-bond acceptors (Lipinski definition) is 2. The highest BCUT2D eigenvalue weighted by Gasteiger charge is 2.27. The average Bonchev–Trinajstić information content (AvgIpc) is 3.00. The average molecular weight is 603 g/mol. The summed E-state index contributed by atoms with van der Waals surface area (Å²) in [5, 5.41) is 3.06. The van der Waals surface area contributed by atoms with Crippen LogP contribution in [-0.2, 0) is 0 Å². The monoisotopic (exact) mass is 602 g/mol. The van der Waals surface area contributed by atoms with Gasteiger partial charge in [-0.1, -0.05) is 115 Å². The molecule has 44 heavy (non-hydrogen) atoms. The molecule has 0 saturated heterocycles. The van der Waals surface area contributed by atoms with Crippen molar-refractivity contribution >= 4 is 11.9 Å². The molecule has 3 amide bonds. The summed E-state index contributed by atoms with van der Waals surface area (Å²) in [5.41, 5.74) is 4.24. The van der Waals surface area contributed by atoms with Crippen LogP contribution in [0.25, 0.3) is 11.1 Å². The maximum absolute atomic E-state index is 13.4. The van der Waals surface area contributed by atoms with Crippen molar-refractivity contribution in [3.05, 3.63) is 59.7 Å². The second-order valence-electron chi connectivity index (χ2n) is 14.3. The van der Waals surface area contributed by atoms with Crippen molar-refractivity contribution in [1.29, 1.82) is 0 Å². The van der Waals surface area contributed by atoms with E-state index in [4.69, 9.17) is 0 Å². The number of unbranched alkanes of at least 4 members (excludes halogenated alkanes) is 1. The zero-order chi connectivity index (χ0) is 32.1. The first-order valence-electron chi connectivity index (χ1n) is 18.0. The number of carbonyl (C=O) groups is 2. The van der Waals surface area contributed by atoms with Crippen LogP contribution >= 0.6 is 0 Å². The maximum Gasteiger partial charge on any atom is 0.324 e. The summed E-state index contributed by atoms with van der Waals surface area (Å²) < 4.78 is 0. The molecule has 1 aliphatic carbocycles. The van der Waals surface area contributed by atoms with Gasteiger partial charge in [0.05, 0.1) is 0 Å². The Labute approximate surface area is 269 Å². The minimum atomic E-state index is -0.313. The van der Waals surface area contributed by atoms with E-state index in [1.165, 1.54) is 74.7 Å². The maximum atomic E-state index is 13.4. The van der Waals surface area contributed by atoms with Crippen LogP contribution in [0.1, 0.15) is 154 Å². The van der Waals surface area contributed by atoms with Crippen molar-refractivity contribution in [2.24, 2.45) is 17.8 Å². The molecule has 0 spiro atoms. The Morgan fingerprint density at radius 3 is 1.89 bits per heavy atom. The Morgan fingerprint density at radius 1 is 0.750 bits per heavy atom. The first-order valence-corrected chi connectivity index (χ1v) is 18.0. The Hall–Kier alpha value is -2.62. The molecule has 2 aromatic carbocycles. The molecule has 4 nitrogen and oxygen atoms in total. The lowest BCUT2D eigenvalue weighted by Crippen LogP contribution is -2.50. The number of urea groups is 1. The van der Waals surface area contributed by atoms with E-state index in [9.17, 15) is 9.59 Å². The number of benzene rings is 2. The number of rotatable bonds is 16. The molecular weight excluding hydrogens is 540 g/mol. The van der Waals surface area contributed by atoms with E-state index in [2.05, 4.69) is 57.3 Å². The van der Waals surface area contributed by atoms with Gasteiger partial charge in [-0.25, -0.2) is 4.79 Å². The lowest BCUT2D eigenvalue weighted by atomic mass is 9.77. The van der Waals surface area contributed by atoms with Crippen LogP contribution in [0.15, 0.2) is 48.5 Å². The number of imide groups is 1. The van der Waals surface area contributed by atoms with E-state index < -0.39 is 0 Å². The van der Waals surface area contributed by atoms with Crippen LogP contribution in [0, 0.1) is 17.8 Å². The fourth-order valence-corrected chi connectivity index (χ4v) is 7.35. The summed E-state index contributed by atoms with van der Waals surface area (Å²) in [6, 6.07) is 16.3. The standard InChI is InChI=1S/C40H62N2O2/c1-8-12-30(5)14-10-11-15-33-16-18-34(19-17-33)35-20-22-36(23-21-35)37-24-26-38(27-25-37)39(43)42(29(3)4)40(44)41-32(7)28-31(6)13-9-2/h20-27,29-34H,8-19,28H2,1-7H3,(H,41,44). The van der Waals surface area contributed by atoms with Crippen molar-refractivity contribution in [2.45, 2.75) is 150 Å². The van der Waals surface area contributed by atoms with Gasteiger partial charge in [-0.15, -0.1) is 0 Å². The zero-order valence-electron chi connectivity index (χ0n) is 29.0. The van der Waals surface area contributed by atoms with Crippen molar-refractivity contribution in [3.8, 4) is 11.1 Å². The highest BCUT2D eigenvalue weighted by atomic mass is 16.2. The van der Waals surface area contributed by atoms with Crippen LogP contribution in [0.4, 0.5) is 4.79 Å². The van der Waals surface area contributed by atoms with Gasteiger partial charge in [0.1, 0.15) is 0 Å². The second kappa shape index (κ2) is 18.4. The second-order valence-corrected chi connectivity index (χ2v) is 14.3. The van der Waals surface area contributed by atoms with Crippen molar-refractivity contribution in [3.63, 3.8) is 0 Å². The van der Waals surface area contributed by atoms with E-state index in [1.54, 1.807) is 0 Å². The summed E-state index contributed by atoms with van der Waals surface area (Å²) in [6.45, 7) is 14.9. The van der Waals surface area contributed by atoms with Crippen LogP contribution in [0.3, 0.4) is 0 Å². The Kier molecular flexibility index (Phi) is 15.0. The third-order valence-electron chi connectivity index (χ3n) is 9.90. The Bertz CT molecular complexity index is 1120. The smallest absolute Gasteiger partial charge is 0.324 e. The normalized spacial score (nSPS) is 18.9. The van der Waals surface area contributed by atoms with Gasteiger partial charge in [-0.3, -0.25) is 9.69 Å². The lowest BCUT2D eigenvalue weighted by Gasteiger charge is -2.29. The predicted octanol–water partition coefficient (Wildman–Crippen LogP) is 11.4. The molecule has 4 heteroatoms. The van der Waals surface area contributed by atoms with E-state index in [0.29, 0.717) is 17.4 Å². The van der Waals surface area contributed by atoms with Gasteiger partial charge >= 0.3 is 6.03 Å². The molecule has 0 aliphatic heterocycles. The molecule has 3 atom stereocenters. The predicted molar refractivity (Wildman–Crippen MR) is 187 cm³/mol. The highest BCUT2D eigenvalue weighted by molar-refractivity contribution is 6.04. The van der Waals surface area contributed by atoms with Gasteiger partial charge in [0.25, 0.3) is 5.91 Å². The van der Waals surface area contributed by atoms with Crippen molar-refractivity contribution < 1.29 is 9.59 Å². The van der Waals surface area contributed by atoms with Gasteiger partial charge in [0.15, 0.2) is 0 Å². The Balaban J connectivity index is 1.52. The van der Waals surface area contributed by atoms with E-state index >= 15 is 0 Å². The first-order chi connectivity index (χ1) is 21.1. The van der Waals surface area contributed by atoms with Crippen molar-refractivity contribution in [1.82, 2.24) is 10.2 Å². The molecule has 0 radical (unpaired) electrons. The van der Waals surface area contributed by atoms with Crippen LogP contribution in [0.2, 0.25) is 0 Å². The molecule has 0 bridgehead atoms. The van der Waals surface area contributed by atoms with Gasteiger partial charge in [-0.2, -0.15) is 0 Å². The summed E-state index contributed by atoms with van der Waals surface area (Å²) in [7, 11) is 0. The molecule has 1 N–H and O–H groups in total. The summed E-state index contributed by atoms with van der Waals surface area (Å²) in [6.07, 6.45) is 16.9. The van der Waals surface area contributed by atoms with E-state index in [1.807, 2.05) is 45.0 Å². The number of carbonyl (C=O) groups excluding carboxylic acids is 2. The fraction of sp³-hybridized carbons (Fsp3) is 0.650. The largest absolute Gasteiger partial charge is 0.335 e. The van der Waals surface area contributed by atoms with E-state index in [-0.39, 0.29) is 24.0 Å². The third-order valence-corrected chi connectivity index (χ3v) is 9.90.